The molecule has 1 aromatic rings. The van der Waals surface area contributed by atoms with Gasteiger partial charge in [-0.3, -0.25) is 4.79 Å². The number of rotatable bonds is 7. The van der Waals surface area contributed by atoms with Crippen molar-refractivity contribution in [3.05, 3.63) is 29.8 Å². The van der Waals surface area contributed by atoms with Crippen LogP contribution < -0.4 is 10.0 Å². The molecule has 0 saturated heterocycles. The molecule has 1 amide bonds. The maximum atomic E-state index is 12.4. The Bertz CT molecular complexity index is 633. The molecule has 1 aliphatic carbocycles. The van der Waals surface area contributed by atoms with E-state index in [1.54, 1.807) is 12.1 Å². The van der Waals surface area contributed by atoms with Crippen molar-refractivity contribution >= 4 is 15.9 Å². The summed E-state index contributed by atoms with van der Waals surface area (Å²) in [6.45, 7) is 4.83. The summed E-state index contributed by atoms with van der Waals surface area (Å²) in [6, 6.07) is 6.17. The van der Waals surface area contributed by atoms with Gasteiger partial charge in [0.05, 0.1) is 4.90 Å². The number of hydrogen-bond acceptors (Lipinski definition) is 3. The van der Waals surface area contributed by atoms with Crippen LogP contribution in [0.1, 0.15) is 62.7 Å². The first-order chi connectivity index (χ1) is 11.4. The quantitative estimate of drug-likeness (QED) is 0.792. The lowest BCUT2D eigenvalue weighted by Gasteiger charge is -2.22. The summed E-state index contributed by atoms with van der Waals surface area (Å²) in [5.74, 6) is 0.364. The fraction of sp³-hybridized carbons (Fsp3) is 0.611. The van der Waals surface area contributed by atoms with Gasteiger partial charge in [0.1, 0.15) is 0 Å². The lowest BCUT2D eigenvalue weighted by atomic mass is 9.96. The predicted molar refractivity (Wildman–Crippen MR) is 95.4 cm³/mol. The van der Waals surface area contributed by atoms with Crippen LogP contribution in [0.2, 0.25) is 0 Å². The summed E-state index contributed by atoms with van der Waals surface area (Å²) in [7, 11) is -3.51. The molecule has 0 spiro atoms. The first-order valence-corrected chi connectivity index (χ1v) is 10.3. The summed E-state index contributed by atoms with van der Waals surface area (Å²) in [4.78, 5) is 12.2. The van der Waals surface area contributed by atoms with E-state index >= 15 is 0 Å². The van der Waals surface area contributed by atoms with Crippen LogP contribution >= 0.6 is 0 Å². The van der Waals surface area contributed by atoms with Gasteiger partial charge < -0.3 is 5.32 Å². The van der Waals surface area contributed by atoms with Crippen LogP contribution in [0.5, 0.6) is 0 Å². The van der Waals surface area contributed by atoms with Crippen LogP contribution in [0.25, 0.3) is 0 Å². The molecule has 0 heterocycles. The van der Waals surface area contributed by atoms with Crippen molar-refractivity contribution in [1.29, 1.82) is 0 Å². The van der Waals surface area contributed by atoms with E-state index in [0.717, 1.165) is 32.1 Å². The summed E-state index contributed by atoms with van der Waals surface area (Å²) in [5, 5.41) is 2.85. The molecule has 1 aromatic carbocycles. The number of benzene rings is 1. The third-order valence-corrected chi connectivity index (χ3v) is 5.90. The lowest BCUT2D eigenvalue weighted by molar-refractivity contribution is 0.0952. The largest absolute Gasteiger partial charge is 0.352 e. The van der Waals surface area contributed by atoms with Crippen molar-refractivity contribution in [3.8, 4) is 0 Å². The van der Waals surface area contributed by atoms with E-state index in [0.29, 0.717) is 18.0 Å². The number of amides is 1. The minimum atomic E-state index is -3.51. The minimum Gasteiger partial charge on any atom is -0.352 e. The zero-order valence-electron chi connectivity index (χ0n) is 14.5. The highest BCUT2D eigenvalue weighted by Crippen LogP contribution is 2.20. The van der Waals surface area contributed by atoms with Gasteiger partial charge in [0.15, 0.2) is 0 Å². The van der Waals surface area contributed by atoms with E-state index in [4.69, 9.17) is 0 Å². The lowest BCUT2D eigenvalue weighted by Crippen LogP contribution is -2.36. The number of sulfonamides is 1. The Labute approximate surface area is 145 Å². The maximum absolute atomic E-state index is 12.4. The molecule has 1 saturated carbocycles. The van der Waals surface area contributed by atoms with Gasteiger partial charge in [-0.2, -0.15) is 0 Å². The van der Waals surface area contributed by atoms with Crippen molar-refractivity contribution in [2.24, 2.45) is 5.92 Å². The molecule has 134 valence electrons. The highest BCUT2D eigenvalue weighted by atomic mass is 32.2. The Morgan fingerprint density at radius 2 is 1.75 bits per heavy atom. The molecule has 0 aliphatic heterocycles. The Morgan fingerprint density at radius 1 is 1.12 bits per heavy atom. The molecule has 1 fully saturated rings. The second-order valence-electron chi connectivity index (χ2n) is 6.92. The fourth-order valence-corrected chi connectivity index (χ4v) is 4.17. The molecular formula is C18H28N2O3S. The van der Waals surface area contributed by atoms with Gasteiger partial charge >= 0.3 is 0 Å². The topological polar surface area (TPSA) is 75.3 Å². The van der Waals surface area contributed by atoms with Crippen LogP contribution in [-0.2, 0) is 10.0 Å². The fourth-order valence-electron chi connectivity index (χ4n) is 2.87. The van der Waals surface area contributed by atoms with E-state index in [1.165, 1.54) is 18.6 Å². The SMILES string of the molecule is CC(C)CCNC(=O)c1ccc(S(=O)(=O)NC2CCCCC2)cc1. The average Bonchev–Trinajstić information content (AvgIpc) is 2.55. The Hall–Kier alpha value is -1.40. The number of nitrogens with one attached hydrogen (secondary N) is 2. The zero-order valence-corrected chi connectivity index (χ0v) is 15.4. The number of carbonyl (C=O) groups excluding carboxylic acids is 1. The average molecular weight is 353 g/mol. The molecule has 0 atom stereocenters. The van der Waals surface area contributed by atoms with Gasteiger partial charge in [-0.15, -0.1) is 0 Å². The monoisotopic (exact) mass is 352 g/mol. The first-order valence-electron chi connectivity index (χ1n) is 8.79. The summed E-state index contributed by atoms with van der Waals surface area (Å²) >= 11 is 0. The predicted octanol–water partition coefficient (Wildman–Crippen LogP) is 3.07. The third kappa shape index (κ3) is 5.60. The number of hydrogen-bond donors (Lipinski definition) is 2. The molecule has 0 radical (unpaired) electrons. The summed E-state index contributed by atoms with van der Waals surface area (Å²) < 4.78 is 27.6. The first kappa shape index (κ1) is 18.9. The van der Waals surface area contributed by atoms with Gasteiger partial charge in [0, 0.05) is 18.2 Å². The van der Waals surface area contributed by atoms with Gasteiger partial charge in [-0.05, 0) is 49.4 Å². The second kappa shape index (κ2) is 8.62. The van der Waals surface area contributed by atoms with E-state index in [2.05, 4.69) is 23.9 Å². The van der Waals surface area contributed by atoms with E-state index in [9.17, 15) is 13.2 Å². The van der Waals surface area contributed by atoms with Crippen molar-refractivity contribution in [2.75, 3.05) is 6.54 Å². The molecule has 5 nitrogen and oxygen atoms in total. The maximum Gasteiger partial charge on any atom is 0.251 e. The Balaban J connectivity index is 1.96. The molecule has 0 bridgehead atoms. The van der Waals surface area contributed by atoms with Crippen molar-refractivity contribution in [2.45, 2.75) is 63.3 Å². The summed E-state index contributed by atoms with van der Waals surface area (Å²) in [5.41, 5.74) is 0.482. The van der Waals surface area contributed by atoms with Crippen LogP contribution in [0, 0.1) is 5.92 Å². The smallest absolute Gasteiger partial charge is 0.251 e. The molecule has 24 heavy (non-hydrogen) atoms. The molecule has 2 rings (SSSR count). The van der Waals surface area contributed by atoms with Gasteiger partial charge in [-0.1, -0.05) is 33.1 Å². The Kier molecular flexibility index (Phi) is 6.80. The molecule has 0 unspecified atom stereocenters. The van der Waals surface area contributed by atoms with Crippen LogP contribution in [-0.4, -0.2) is 26.9 Å². The molecular weight excluding hydrogens is 324 g/mol. The summed E-state index contributed by atoms with van der Waals surface area (Å²) in [6.07, 6.45) is 6.04. The van der Waals surface area contributed by atoms with Crippen molar-refractivity contribution in [1.82, 2.24) is 10.0 Å². The molecule has 1 aliphatic rings. The van der Waals surface area contributed by atoms with E-state index in [1.807, 2.05) is 0 Å². The number of carbonyl (C=O) groups is 1. The Morgan fingerprint density at radius 3 is 2.33 bits per heavy atom. The molecule has 6 heteroatoms. The highest BCUT2D eigenvalue weighted by Gasteiger charge is 2.22. The van der Waals surface area contributed by atoms with Gasteiger partial charge in [0.2, 0.25) is 10.0 Å². The van der Waals surface area contributed by atoms with Crippen LogP contribution in [0.15, 0.2) is 29.2 Å². The second-order valence-corrected chi connectivity index (χ2v) is 8.63. The van der Waals surface area contributed by atoms with Gasteiger partial charge in [-0.25, -0.2) is 13.1 Å². The van der Waals surface area contributed by atoms with Gasteiger partial charge in [0.25, 0.3) is 5.91 Å². The standard InChI is InChI=1S/C18H28N2O3S/c1-14(2)12-13-19-18(21)15-8-10-17(11-9-15)24(22,23)20-16-6-4-3-5-7-16/h8-11,14,16,20H,3-7,12-13H2,1-2H3,(H,19,21). The van der Waals surface area contributed by atoms with E-state index in [-0.39, 0.29) is 16.8 Å². The highest BCUT2D eigenvalue weighted by molar-refractivity contribution is 7.89. The van der Waals surface area contributed by atoms with Crippen LogP contribution in [0.4, 0.5) is 0 Å². The molecule has 2 N–H and O–H groups in total. The van der Waals surface area contributed by atoms with Crippen LogP contribution in [0.3, 0.4) is 0 Å². The van der Waals surface area contributed by atoms with Crippen molar-refractivity contribution < 1.29 is 13.2 Å². The third-order valence-electron chi connectivity index (χ3n) is 4.36. The molecule has 0 aromatic heterocycles. The zero-order chi connectivity index (χ0) is 17.6. The normalized spacial score (nSPS) is 16.3. The minimum absolute atomic E-state index is 0.0303. The van der Waals surface area contributed by atoms with Crippen molar-refractivity contribution in [3.63, 3.8) is 0 Å². The van der Waals surface area contributed by atoms with E-state index < -0.39 is 10.0 Å².